The fourth-order valence-electron chi connectivity index (χ4n) is 2.01. The van der Waals surface area contributed by atoms with Crippen molar-refractivity contribution in [3.05, 3.63) is 56.5 Å². The van der Waals surface area contributed by atoms with Crippen LogP contribution in [0, 0.1) is 0 Å². The number of hydrogen-bond acceptors (Lipinski definition) is 0. The van der Waals surface area contributed by atoms with E-state index in [0.29, 0.717) is 6.07 Å². The van der Waals surface area contributed by atoms with Crippen molar-refractivity contribution in [3.63, 3.8) is 0 Å². The van der Waals surface area contributed by atoms with Crippen molar-refractivity contribution in [2.24, 2.45) is 0 Å². The van der Waals surface area contributed by atoms with Crippen LogP contribution in [0.1, 0.15) is 17.6 Å². The van der Waals surface area contributed by atoms with Crippen LogP contribution in [0.4, 0.5) is 22.0 Å². The Bertz CT molecular complexity index is 710. The van der Waals surface area contributed by atoms with Gasteiger partial charge in [-0.2, -0.15) is 13.2 Å². The van der Waals surface area contributed by atoms with Gasteiger partial charge in [-0.05, 0) is 12.1 Å². The standard InChI is InChI=1S/C14H6Cl3F5/c15-9-5-4-6(11(16)12(9)17)10-7(13(18)19)2-1-3-8(10)14(20,21)22/h1-5,13H. The van der Waals surface area contributed by atoms with E-state index < -0.39 is 29.3 Å². The Morgan fingerprint density at radius 3 is 2.05 bits per heavy atom. The zero-order valence-electron chi connectivity index (χ0n) is 10.5. The highest BCUT2D eigenvalue weighted by molar-refractivity contribution is 6.49. The summed E-state index contributed by atoms with van der Waals surface area (Å²) in [5.74, 6) is 0. The molecule has 8 heteroatoms. The van der Waals surface area contributed by atoms with Gasteiger partial charge in [0.25, 0.3) is 6.43 Å². The molecular formula is C14H6Cl3F5. The van der Waals surface area contributed by atoms with Crippen LogP contribution in [0.25, 0.3) is 11.1 Å². The average Bonchev–Trinajstić information content (AvgIpc) is 2.43. The monoisotopic (exact) mass is 374 g/mol. The highest BCUT2D eigenvalue weighted by atomic mass is 35.5. The Kier molecular flexibility index (Phi) is 4.90. The minimum atomic E-state index is -4.82. The molecule has 0 heterocycles. The molecule has 0 N–H and O–H groups in total. The number of hydrogen-bond donors (Lipinski definition) is 0. The molecule has 0 saturated carbocycles. The third-order valence-corrected chi connectivity index (χ3v) is 4.24. The van der Waals surface area contributed by atoms with E-state index in [0.717, 1.165) is 18.2 Å². The van der Waals surface area contributed by atoms with E-state index in [4.69, 9.17) is 34.8 Å². The zero-order chi connectivity index (χ0) is 16.7. The molecular weight excluding hydrogens is 370 g/mol. The van der Waals surface area contributed by atoms with E-state index in [-0.39, 0.29) is 20.6 Å². The van der Waals surface area contributed by atoms with Gasteiger partial charge in [0.05, 0.1) is 20.6 Å². The minimum Gasteiger partial charge on any atom is -0.205 e. The molecule has 0 nitrogen and oxygen atoms in total. The van der Waals surface area contributed by atoms with Crippen LogP contribution in [0.2, 0.25) is 15.1 Å². The summed E-state index contributed by atoms with van der Waals surface area (Å²) in [7, 11) is 0. The lowest BCUT2D eigenvalue weighted by Gasteiger charge is -2.18. The lowest BCUT2D eigenvalue weighted by Crippen LogP contribution is -2.09. The summed E-state index contributed by atoms with van der Waals surface area (Å²) in [5, 5.41) is -0.496. The molecule has 118 valence electrons. The number of halogens is 8. The van der Waals surface area contributed by atoms with Crippen LogP contribution in [-0.2, 0) is 6.18 Å². The molecule has 0 amide bonds. The highest BCUT2D eigenvalue weighted by Crippen LogP contribution is 2.46. The van der Waals surface area contributed by atoms with Gasteiger partial charge >= 0.3 is 6.18 Å². The average molecular weight is 376 g/mol. The van der Waals surface area contributed by atoms with Crippen LogP contribution >= 0.6 is 34.8 Å². The van der Waals surface area contributed by atoms with Crippen molar-refractivity contribution in [1.29, 1.82) is 0 Å². The number of rotatable bonds is 2. The predicted molar refractivity (Wildman–Crippen MR) is 76.9 cm³/mol. The Balaban J connectivity index is 2.87. The van der Waals surface area contributed by atoms with Gasteiger partial charge in [-0.3, -0.25) is 0 Å². The predicted octanol–water partition coefficient (Wildman–Crippen LogP) is 7.27. The second-order valence-corrected chi connectivity index (χ2v) is 5.45. The fraction of sp³-hybridized carbons (Fsp3) is 0.143. The van der Waals surface area contributed by atoms with Crippen LogP contribution in [-0.4, -0.2) is 0 Å². The van der Waals surface area contributed by atoms with Crippen molar-refractivity contribution in [2.45, 2.75) is 12.6 Å². The molecule has 0 radical (unpaired) electrons. The lowest BCUT2D eigenvalue weighted by molar-refractivity contribution is -0.137. The summed E-state index contributed by atoms with van der Waals surface area (Å²) < 4.78 is 65.7. The number of benzene rings is 2. The summed E-state index contributed by atoms with van der Waals surface area (Å²) in [4.78, 5) is 0. The van der Waals surface area contributed by atoms with E-state index in [2.05, 4.69) is 0 Å². The van der Waals surface area contributed by atoms with E-state index >= 15 is 0 Å². The largest absolute Gasteiger partial charge is 0.417 e. The Morgan fingerprint density at radius 2 is 1.50 bits per heavy atom. The summed E-state index contributed by atoms with van der Waals surface area (Å²) in [5.41, 5.74) is -2.95. The fourth-order valence-corrected chi connectivity index (χ4v) is 2.64. The molecule has 0 aliphatic heterocycles. The van der Waals surface area contributed by atoms with E-state index in [9.17, 15) is 22.0 Å². The Labute approximate surface area is 137 Å². The van der Waals surface area contributed by atoms with Gasteiger partial charge in [-0.1, -0.05) is 53.0 Å². The molecule has 2 rings (SSSR count). The second kappa shape index (κ2) is 6.22. The van der Waals surface area contributed by atoms with Crippen LogP contribution in [0.3, 0.4) is 0 Å². The molecule has 0 aliphatic carbocycles. The molecule has 0 bridgehead atoms. The Hall–Kier alpha value is -1.04. The van der Waals surface area contributed by atoms with Crippen LogP contribution in [0.15, 0.2) is 30.3 Å². The molecule has 22 heavy (non-hydrogen) atoms. The Morgan fingerprint density at radius 1 is 0.864 bits per heavy atom. The molecule has 2 aromatic rings. The zero-order valence-corrected chi connectivity index (χ0v) is 12.8. The molecule has 0 fully saturated rings. The van der Waals surface area contributed by atoms with Gasteiger partial charge < -0.3 is 0 Å². The van der Waals surface area contributed by atoms with Gasteiger partial charge in [0, 0.05) is 16.7 Å². The van der Waals surface area contributed by atoms with Crippen molar-refractivity contribution in [2.75, 3.05) is 0 Å². The van der Waals surface area contributed by atoms with E-state index in [1.807, 2.05) is 0 Å². The highest BCUT2D eigenvalue weighted by Gasteiger charge is 2.36. The molecule has 0 atom stereocenters. The minimum absolute atomic E-state index is 0.0125. The van der Waals surface area contributed by atoms with Crippen molar-refractivity contribution in [1.82, 2.24) is 0 Å². The first kappa shape index (κ1) is 17.3. The van der Waals surface area contributed by atoms with Gasteiger partial charge in [0.2, 0.25) is 0 Å². The topological polar surface area (TPSA) is 0 Å². The van der Waals surface area contributed by atoms with Crippen molar-refractivity contribution < 1.29 is 22.0 Å². The second-order valence-electron chi connectivity index (χ2n) is 4.29. The van der Waals surface area contributed by atoms with Crippen LogP contribution < -0.4 is 0 Å². The van der Waals surface area contributed by atoms with Crippen molar-refractivity contribution >= 4 is 34.8 Å². The molecule has 0 saturated heterocycles. The molecule has 2 aromatic carbocycles. The summed E-state index contributed by atoms with van der Waals surface area (Å²) in [6.45, 7) is 0. The van der Waals surface area contributed by atoms with E-state index in [1.165, 1.54) is 6.07 Å². The van der Waals surface area contributed by atoms with E-state index in [1.54, 1.807) is 0 Å². The summed E-state index contributed by atoms with van der Waals surface area (Å²) in [6, 6.07) is 4.87. The number of alkyl halides is 5. The lowest BCUT2D eigenvalue weighted by atomic mass is 9.94. The molecule has 0 aromatic heterocycles. The molecule has 0 spiro atoms. The third-order valence-electron chi connectivity index (χ3n) is 2.94. The first-order valence-electron chi connectivity index (χ1n) is 5.76. The maximum Gasteiger partial charge on any atom is 0.417 e. The van der Waals surface area contributed by atoms with Crippen molar-refractivity contribution in [3.8, 4) is 11.1 Å². The SMILES string of the molecule is FC(F)c1cccc(C(F)(F)F)c1-c1ccc(Cl)c(Cl)c1Cl. The van der Waals surface area contributed by atoms with Crippen LogP contribution in [0.5, 0.6) is 0 Å². The summed E-state index contributed by atoms with van der Waals surface area (Å²) in [6.07, 6.45) is -7.93. The first-order chi connectivity index (χ1) is 10.1. The van der Waals surface area contributed by atoms with Gasteiger partial charge in [-0.25, -0.2) is 8.78 Å². The van der Waals surface area contributed by atoms with Gasteiger partial charge in [0.15, 0.2) is 0 Å². The maximum atomic E-state index is 13.1. The smallest absolute Gasteiger partial charge is 0.205 e. The maximum absolute atomic E-state index is 13.1. The first-order valence-corrected chi connectivity index (χ1v) is 6.90. The van der Waals surface area contributed by atoms with Gasteiger partial charge in [-0.15, -0.1) is 0 Å². The third kappa shape index (κ3) is 3.16. The summed E-state index contributed by atoms with van der Waals surface area (Å²) >= 11 is 17.4. The molecule has 0 aliphatic rings. The van der Waals surface area contributed by atoms with Gasteiger partial charge in [0.1, 0.15) is 0 Å². The quantitative estimate of drug-likeness (QED) is 0.382. The normalized spacial score (nSPS) is 12.0. The molecule has 0 unspecified atom stereocenters.